The second-order valence-electron chi connectivity index (χ2n) is 7.90. The number of nitrogens with one attached hydrogen (secondary N) is 1. The summed E-state index contributed by atoms with van der Waals surface area (Å²) in [7, 11) is 0. The minimum atomic E-state index is -0.0504. The van der Waals surface area contributed by atoms with Gasteiger partial charge < -0.3 is 9.88 Å². The van der Waals surface area contributed by atoms with Crippen LogP contribution in [0.3, 0.4) is 0 Å². The number of carbonyl (C=O) groups excluding carboxylic acids is 1. The molecule has 33 heavy (non-hydrogen) atoms. The number of aromatic nitrogens is 1. The van der Waals surface area contributed by atoms with E-state index in [1.165, 1.54) is 15.8 Å². The molecule has 1 amide bonds. The highest BCUT2D eigenvalue weighted by Crippen LogP contribution is 2.33. The quantitative estimate of drug-likeness (QED) is 0.256. The molecule has 0 aliphatic heterocycles. The summed E-state index contributed by atoms with van der Waals surface area (Å²) in [5.41, 5.74) is 2.98. The van der Waals surface area contributed by atoms with Crippen LogP contribution in [0, 0.1) is 0 Å². The average molecular weight is 471 g/mol. The molecule has 3 nitrogen and oxygen atoms in total. The van der Waals surface area contributed by atoms with Crippen molar-refractivity contribution in [1.82, 2.24) is 9.88 Å². The second kappa shape index (κ2) is 9.74. The number of carbonyl (C=O) groups is 1. The van der Waals surface area contributed by atoms with Crippen LogP contribution in [0.1, 0.15) is 15.9 Å². The molecule has 5 aromatic rings. The predicted molar refractivity (Wildman–Crippen MR) is 139 cm³/mol. The van der Waals surface area contributed by atoms with Gasteiger partial charge in [0.25, 0.3) is 5.91 Å². The molecule has 1 N–H and O–H groups in total. The first-order valence-electron chi connectivity index (χ1n) is 10.9. The van der Waals surface area contributed by atoms with Crippen LogP contribution < -0.4 is 5.32 Å². The predicted octanol–water partition coefficient (Wildman–Crippen LogP) is 7.17. The Morgan fingerprint density at radius 3 is 2.52 bits per heavy atom. The molecule has 0 aliphatic rings. The number of hydrogen-bond donors (Lipinski definition) is 1. The zero-order valence-electron chi connectivity index (χ0n) is 18.0. The molecule has 0 fully saturated rings. The highest BCUT2D eigenvalue weighted by Gasteiger charge is 2.11. The number of para-hydroxylation sites is 1. The van der Waals surface area contributed by atoms with Crippen molar-refractivity contribution < 1.29 is 4.79 Å². The summed E-state index contributed by atoms with van der Waals surface area (Å²) in [6.07, 6.45) is 2.17. The van der Waals surface area contributed by atoms with Crippen molar-refractivity contribution in [3.05, 3.63) is 113 Å². The zero-order valence-corrected chi connectivity index (χ0v) is 19.6. The number of hydrogen-bond acceptors (Lipinski definition) is 2. The monoisotopic (exact) mass is 470 g/mol. The summed E-state index contributed by atoms with van der Waals surface area (Å²) in [6, 6.07) is 30.2. The lowest BCUT2D eigenvalue weighted by Gasteiger charge is -2.08. The molecule has 0 saturated heterocycles. The Kier molecular flexibility index (Phi) is 6.38. The Labute approximate surface area is 202 Å². The highest BCUT2D eigenvalue weighted by atomic mass is 35.5. The fraction of sp³-hybridized carbons (Fsp3) is 0.107. The van der Waals surface area contributed by atoms with Gasteiger partial charge >= 0.3 is 0 Å². The molecule has 5 heteroatoms. The molecular formula is C28H23ClN2OS. The lowest BCUT2D eigenvalue weighted by atomic mass is 10.1. The molecule has 4 aromatic carbocycles. The van der Waals surface area contributed by atoms with E-state index in [1.54, 1.807) is 11.8 Å². The van der Waals surface area contributed by atoms with Gasteiger partial charge in [0.15, 0.2) is 0 Å². The minimum absolute atomic E-state index is 0.0504. The topological polar surface area (TPSA) is 34.0 Å². The van der Waals surface area contributed by atoms with E-state index in [4.69, 9.17) is 11.6 Å². The van der Waals surface area contributed by atoms with Gasteiger partial charge in [0.2, 0.25) is 0 Å². The molecule has 0 aliphatic carbocycles. The molecule has 1 aromatic heterocycles. The number of fused-ring (bicyclic) bond motifs is 2. The van der Waals surface area contributed by atoms with Gasteiger partial charge in [-0.1, -0.05) is 78.3 Å². The van der Waals surface area contributed by atoms with Crippen LogP contribution in [0.5, 0.6) is 0 Å². The molecule has 0 spiro atoms. The van der Waals surface area contributed by atoms with Crippen LogP contribution in [-0.4, -0.2) is 17.0 Å². The smallest absolute Gasteiger partial charge is 0.251 e. The number of halogens is 1. The minimum Gasteiger partial charge on any atom is -0.350 e. The number of rotatable bonds is 7. The van der Waals surface area contributed by atoms with E-state index in [0.29, 0.717) is 18.7 Å². The Balaban J connectivity index is 1.27. The fourth-order valence-corrected chi connectivity index (χ4v) is 5.38. The molecule has 0 saturated carbocycles. The molecule has 164 valence electrons. The molecule has 1 heterocycles. The van der Waals surface area contributed by atoms with Crippen LogP contribution in [0.2, 0.25) is 5.02 Å². The van der Waals surface area contributed by atoms with Crippen molar-refractivity contribution >= 4 is 50.9 Å². The van der Waals surface area contributed by atoms with Crippen LogP contribution in [0.15, 0.2) is 102 Å². The van der Waals surface area contributed by atoms with Gasteiger partial charge in [-0.05, 0) is 40.6 Å². The average Bonchev–Trinajstić information content (AvgIpc) is 3.21. The second-order valence-corrected chi connectivity index (χ2v) is 9.33. The van der Waals surface area contributed by atoms with E-state index in [9.17, 15) is 4.79 Å². The van der Waals surface area contributed by atoms with Gasteiger partial charge in [-0.25, -0.2) is 0 Å². The summed E-state index contributed by atoms with van der Waals surface area (Å²) in [5.74, 6) is 0.761. The molecule has 5 rings (SSSR count). The van der Waals surface area contributed by atoms with Crippen molar-refractivity contribution in [3.8, 4) is 0 Å². The van der Waals surface area contributed by atoms with Gasteiger partial charge in [0.1, 0.15) is 0 Å². The number of thioether (sulfide) groups is 1. The summed E-state index contributed by atoms with van der Waals surface area (Å²) < 4.78 is 2.21. The summed E-state index contributed by atoms with van der Waals surface area (Å²) in [6.45, 7) is 1.26. The van der Waals surface area contributed by atoms with Crippen LogP contribution in [-0.2, 0) is 12.3 Å². The number of nitrogens with zero attached hydrogens (tertiary/aromatic N) is 1. The standard InChI is InChI=1S/C28H23ClN2OS/c29-25-11-5-3-9-23(25)19-33-27-18-31(26-12-6-4-10-24(26)27)16-15-30-28(32)22-14-13-20-7-1-2-8-21(20)17-22/h1-14,17-18H,15-16,19H2,(H,30,32). The van der Waals surface area contributed by atoms with E-state index in [0.717, 1.165) is 27.1 Å². The van der Waals surface area contributed by atoms with Gasteiger partial charge in [0, 0.05) is 51.4 Å². The maximum absolute atomic E-state index is 12.7. The van der Waals surface area contributed by atoms with Gasteiger partial charge in [-0.15, -0.1) is 11.8 Å². The molecule has 0 atom stereocenters. The zero-order chi connectivity index (χ0) is 22.6. The van der Waals surface area contributed by atoms with E-state index in [1.807, 2.05) is 54.6 Å². The Bertz CT molecular complexity index is 1440. The third-order valence-electron chi connectivity index (χ3n) is 5.74. The first-order valence-corrected chi connectivity index (χ1v) is 12.3. The summed E-state index contributed by atoms with van der Waals surface area (Å²) >= 11 is 8.12. The fourth-order valence-electron chi connectivity index (χ4n) is 4.01. The maximum atomic E-state index is 12.7. The van der Waals surface area contributed by atoms with Crippen LogP contribution >= 0.6 is 23.4 Å². The number of amides is 1. The molecular weight excluding hydrogens is 448 g/mol. The Morgan fingerprint density at radius 1 is 0.879 bits per heavy atom. The molecule has 0 radical (unpaired) electrons. The number of benzene rings is 4. The van der Waals surface area contributed by atoms with E-state index < -0.39 is 0 Å². The van der Waals surface area contributed by atoms with Crippen molar-refractivity contribution in [1.29, 1.82) is 0 Å². The highest BCUT2D eigenvalue weighted by molar-refractivity contribution is 7.98. The Hall–Kier alpha value is -3.21. The summed E-state index contributed by atoms with van der Waals surface area (Å²) in [5, 5.41) is 7.29. The largest absolute Gasteiger partial charge is 0.350 e. The maximum Gasteiger partial charge on any atom is 0.251 e. The molecule has 0 unspecified atom stereocenters. The van der Waals surface area contributed by atoms with Crippen LogP contribution in [0.4, 0.5) is 0 Å². The van der Waals surface area contributed by atoms with E-state index >= 15 is 0 Å². The lowest BCUT2D eigenvalue weighted by molar-refractivity contribution is 0.0952. The van der Waals surface area contributed by atoms with Gasteiger partial charge in [0.05, 0.1) is 0 Å². The van der Waals surface area contributed by atoms with E-state index in [2.05, 4.69) is 52.5 Å². The summed E-state index contributed by atoms with van der Waals surface area (Å²) in [4.78, 5) is 13.9. The first-order chi connectivity index (χ1) is 16.2. The third-order valence-corrected chi connectivity index (χ3v) is 7.20. The van der Waals surface area contributed by atoms with E-state index in [-0.39, 0.29) is 5.91 Å². The third kappa shape index (κ3) is 4.77. The van der Waals surface area contributed by atoms with Gasteiger partial charge in [-0.3, -0.25) is 4.79 Å². The van der Waals surface area contributed by atoms with Gasteiger partial charge in [-0.2, -0.15) is 0 Å². The molecule has 0 bridgehead atoms. The first kappa shape index (κ1) is 21.6. The lowest BCUT2D eigenvalue weighted by Crippen LogP contribution is -2.27. The van der Waals surface area contributed by atoms with Crippen LogP contribution in [0.25, 0.3) is 21.7 Å². The Morgan fingerprint density at radius 2 is 1.64 bits per heavy atom. The van der Waals surface area contributed by atoms with Crippen molar-refractivity contribution in [3.63, 3.8) is 0 Å². The van der Waals surface area contributed by atoms with Crippen molar-refractivity contribution in [2.24, 2.45) is 0 Å². The normalized spacial score (nSPS) is 11.2. The van der Waals surface area contributed by atoms with Crippen molar-refractivity contribution in [2.45, 2.75) is 17.2 Å². The SMILES string of the molecule is O=C(NCCn1cc(SCc2ccccc2Cl)c2ccccc21)c1ccc2ccccc2c1. The van der Waals surface area contributed by atoms with Crippen molar-refractivity contribution in [2.75, 3.05) is 6.54 Å².